The van der Waals surface area contributed by atoms with Gasteiger partial charge in [-0.05, 0) is 42.4 Å². The van der Waals surface area contributed by atoms with Crippen LogP contribution in [-0.4, -0.2) is 41.2 Å². The molecule has 3 rings (SSSR count). The lowest BCUT2D eigenvalue weighted by Gasteiger charge is -2.32. The molecule has 0 aliphatic carbocycles. The first-order chi connectivity index (χ1) is 11.9. The molecule has 2 heterocycles. The van der Waals surface area contributed by atoms with E-state index in [0.717, 1.165) is 31.5 Å². The van der Waals surface area contributed by atoms with Crippen molar-refractivity contribution in [3.05, 3.63) is 40.5 Å². The van der Waals surface area contributed by atoms with Gasteiger partial charge in [0, 0.05) is 24.7 Å². The summed E-state index contributed by atoms with van der Waals surface area (Å²) in [5.41, 5.74) is 1.86. The summed E-state index contributed by atoms with van der Waals surface area (Å²) in [5.74, 6) is 0.558. The number of imide groups is 1. The second-order valence-corrected chi connectivity index (χ2v) is 7.95. The average Bonchev–Trinajstić information content (AvgIpc) is 2.81. The summed E-state index contributed by atoms with van der Waals surface area (Å²) in [7, 11) is 0. The van der Waals surface area contributed by atoms with Crippen LogP contribution in [0.15, 0.2) is 30.0 Å². The Hall–Kier alpha value is -1.81. The molecule has 5 heteroatoms. The van der Waals surface area contributed by atoms with Crippen molar-refractivity contribution in [3.63, 3.8) is 0 Å². The number of carbonyl (C=O) groups is 2. The van der Waals surface area contributed by atoms with E-state index >= 15 is 0 Å². The minimum atomic E-state index is -0.186. The molecular formula is C20H25ClN2O2. The molecule has 0 N–H and O–H groups in total. The highest BCUT2D eigenvalue weighted by Gasteiger charge is 2.42. The monoisotopic (exact) mass is 360 g/mol. The molecule has 0 aromatic heterocycles. The maximum atomic E-state index is 13.1. The Kier molecular flexibility index (Phi) is 5.19. The number of amides is 2. The lowest BCUT2D eigenvalue weighted by Crippen LogP contribution is -2.39. The molecule has 0 unspecified atom stereocenters. The zero-order valence-electron chi connectivity index (χ0n) is 15.1. The molecule has 134 valence electrons. The molecule has 0 spiro atoms. The maximum absolute atomic E-state index is 13.1. The van der Waals surface area contributed by atoms with Gasteiger partial charge in [0.25, 0.3) is 11.8 Å². The second kappa shape index (κ2) is 7.20. The van der Waals surface area contributed by atoms with Crippen molar-refractivity contribution in [2.24, 2.45) is 11.8 Å². The SMILES string of the molecule is CC(C)CN1C(=O)C(c2ccc(Cl)cc2)=C(N2CCC(C)CC2)C1=O. The molecule has 1 aromatic rings. The lowest BCUT2D eigenvalue weighted by molar-refractivity contribution is -0.138. The van der Waals surface area contributed by atoms with Crippen LogP contribution in [0.5, 0.6) is 0 Å². The Labute approximate surface area is 154 Å². The summed E-state index contributed by atoms with van der Waals surface area (Å²) >= 11 is 5.99. The van der Waals surface area contributed by atoms with Crippen LogP contribution in [0.2, 0.25) is 5.02 Å². The third kappa shape index (κ3) is 3.59. The second-order valence-electron chi connectivity index (χ2n) is 7.51. The zero-order chi connectivity index (χ0) is 18.1. The normalized spacial score (nSPS) is 19.6. The van der Waals surface area contributed by atoms with Gasteiger partial charge in [-0.2, -0.15) is 0 Å². The molecule has 0 radical (unpaired) electrons. The van der Waals surface area contributed by atoms with E-state index in [1.54, 1.807) is 12.1 Å². The van der Waals surface area contributed by atoms with E-state index < -0.39 is 0 Å². The Morgan fingerprint density at radius 1 is 1.08 bits per heavy atom. The molecule has 4 nitrogen and oxygen atoms in total. The number of hydrogen-bond donors (Lipinski definition) is 0. The number of piperidine rings is 1. The number of nitrogens with zero attached hydrogens (tertiary/aromatic N) is 2. The summed E-state index contributed by atoms with van der Waals surface area (Å²) in [4.78, 5) is 29.6. The van der Waals surface area contributed by atoms with Crippen molar-refractivity contribution in [2.45, 2.75) is 33.6 Å². The number of benzene rings is 1. The van der Waals surface area contributed by atoms with Crippen LogP contribution in [0.4, 0.5) is 0 Å². The third-order valence-electron chi connectivity index (χ3n) is 4.92. The summed E-state index contributed by atoms with van der Waals surface area (Å²) in [6.07, 6.45) is 2.09. The predicted molar refractivity (Wildman–Crippen MR) is 99.9 cm³/mol. The van der Waals surface area contributed by atoms with Gasteiger partial charge in [-0.25, -0.2) is 0 Å². The van der Waals surface area contributed by atoms with Crippen LogP contribution >= 0.6 is 11.6 Å². The summed E-state index contributed by atoms with van der Waals surface area (Å²) in [6, 6.07) is 7.19. The Morgan fingerprint density at radius 2 is 1.68 bits per heavy atom. The van der Waals surface area contributed by atoms with Gasteiger partial charge in [0.2, 0.25) is 0 Å². The molecule has 0 saturated carbocycles. The average molecular weight is 361 g/mol. The highest BCUT2D eigenvalue weighted by Crippen LogP contribution is 2.34. The fourth-order valence-electron chi connectivity index (χ4n) is 3.50. The fraction of sp³-hybridized carbons (Fsp3) is 0.500. The van der Waals surface area contributed by atoms with E-state index in [1.807, 2.05) is 26.0 Å². The van der Waals surface area contributed by atoms with Gasteiger partial charge in [-0.3, -0.25) is 14.5 Å². The number of halogens is 1. The lowest BCUT2D eigenvalue weighted by atomic mass is 9.97. The molecule has 25 heavy (non-hydrogen) atoms. The van der Waals surface area contributed by atoms with Crippen LogP contribution < -0.4 is 0 Å². The Balaban J connectivity index is 2.02. The van der Waals surface area contributed by atoms with Gasteiger partial charge in [-0.1, -0.05) is 44.5 Å². The first-order valence-corrected chi connectivity index (χ1v) is 9.37. The Bertz CT molecular complexity index is 701. The quantitative estimate of drug-likeness (QED) is 0.767. The highest BCUT2D eigenvalue weighted by molar-refractivity contribution is 6.36. The van der Waals surface area contributed by atoms with Crippen LogP contribution in [0.1, 0.15) is 39.2 Å². The fourth-order valence-corrected chi connectivity index (χ4v) is 3.62. The number of hydrogen-bond acceptors (Lipinski definition) is 3. The molecule has 0 bridgehead atoms. The number of likely N-dealkylation sites (tertiary alicyclic amines) is 1. The first-order valence-electron chi connectivity index (χ1n) is 8.99. The predicted octanol–water partition coefficient (Wildman–Crippen LogP) is 3.81. The largest absolute Gasteiger partial charge is 0.366 e. The maximum Gasteiger partial charge on any atom is 0.277 e. The van der Waals surface area contributed by atoms with Crippen LogP contribution in [0.3, 0.4) is 0 Å². The van der Waals surface area contributed by atoms with Gasteiger partial charge in [0.1, 0.15) is 5.70 Å². The highest BCUT2D eigenvalue weighted by atomic mass is 35.5. The van der Waals surface area contributed by atoms with E-state index in [2.05, 4.69) is 11.8 Å². The molecule has 0 atom stereocenters. The minimum Gasteiger partial charge on any atom is -0.366 e. The van der Waals surface area contributed by atoms with Crippen molar-refractivity contribution in [1.29, 1.82) is 0 Å². The first kappa shape index (κ1) is 18.0. The molecule has 2 amide bonds. The van der Waals surface area contributed by atoms with Crippen molar-refractivity contribution < 1.29 is 9.59 Å². The summed E-state index contributed by atoms with van der Waals surface area (Å²) < 4.78 is 0. The van der Waals surface area contributed by atoms with Gasteiger partial charge in [0.05, 0.1) is 5.57 Å². The van der Waals surface area contributed by atoms with E-state index in [1.165, 1.54) is 4.90 Å². The van der Waals surface area contributed by atoms with Gasteiger partial charge in [-0.15, -0.1) is 0 Å². The minimum absolute atomic E-state index is 0.154. The van der Waals surface area contributed by atoms with Gasteiger partial charge in [0.15, 0.2) is 0 Å². The van der Waals surface area contributed by atoms with Crippen LogP contribution in [-0.2, 0) is 9.59 Å². The van der Waals surface area contributed by atoms with Crippen LogP contribution in [0, 0.1) is 11.8 Å². The number of rotatable bonds is 4. The smallest absolute Gasteiger partial charge is 0.277 e. The van der Waals surface area contributed by atoms with E-state index in [0.29, 0.717) is 28.8 Å². The summed E-state index contributed by atoms with van der Waals surface area (Å²) in [5, 5.41) is 0.619. The van der Waals surface area contributed by atoms with Crippen molar-refractivity contribution in [3.8, 4) is 0 Å². The Morgan fingerprint density at radius 3 is 2.24 bits per heavy atom. The van der Waals surface area contributed by atoms with Crippen molar-refractivity contribution in [2.75, 3.05) is 19.6 Å². The molecular weight excluding hydrogens is 336 g/mol. The number of carbonyl (C=O) groups excluding carboxylic acids is 2. The van der Waals surface area contributed by atoms with E-state index in [4.69, 9.17) is 11.6 Å². The molecule has 2 aliphatic heterocycles. The zero-order valence-corrected chi connectivity index (χ0v) is 15.8. The topological polar surface area (TPSA) is 40.6 Å². The van der Waals surface area contributed by atoms with E-state index in [-0.39, 0.29) is 17.7 Å². The molecule has 2 aliphatic rings. The molecule has 1 aromatic carbocycles. The third-order valence-corrected chi connectivity index (χ3v) is 5.18. The van der Waals surface area contributed by atoms with Crippen molar-refractivity contribution in [1.82, 2.24) is 9.80 Å². The standard InChI is InChI=1S/C20H25ClN2O2/c1-13(2)12-23-19(24)17(15-4-6-16(21)7-5-15)18(20(23)25)22-10-8-14(3)9-11-22/h4-7,13-14H,8-12H2,1-3H3. The molecule has 1 fully saturated rings. The molecule has 1 saturated heterocycles. The van der Waals surface area contributed by atoms with Gasteiger partial charge >= 0.3 is 0 Å². The van der Waals surface area contributed by atoms with Crippen LogP contribution in [0.25, 0.3) is 5.57 Å². The van der Waals surface area contributed by atoms with Crippen molar-refractivity contribution >= 4 is 29.0 Å². The van der Waals surface area contributed by atoms with Gasteiger partial charge < -0.3 is 4.90 Å². The summed E-state index contributed by atoms with van der Waals surface area (Å²) in [6.45, 7) is 8.36. The van der Waals surface area contributed by atoms with E-state index in [9.17, 15) is 9.59 Å².